The molecule has 4 aromatic rings. The molecule has 2 heterocycles. The zero-order valence-corrected chi connectivity index (χ0v) is 15.6. The maximum atomic E-state index is 13.0. The summed E-state index contributed by atoms with van der Waals surface area (Å²) < 4.78 is 13.0. The smallest absolute Gasteiger partial charge is 0.260 e. The lowest BCUT2D eigenvalue weighted by atomic mass is 10.1. The molecule has 0 aliphatic carbocycles. The Bertz CT molecular complexity index is 1120. The van der Waals surface area contributed by atoms with E-state index < -0.39 is 0 Å². The third-order valence-electron chi connectivity index (χ3n) is 4.47. The number of aromatic amines is 1. The standard InChI is InChI=1S/C21H18FN3OS/c1-25(11-14-7-9-16(22)10-8-14)12-18-23-20(26)19-17(13-27-21(19)24-18)15-5-3-2-4-6-15/h2-10,13H,11-12H2,1H3,(H,23,24,26)/p+1. The molecule has 27 heavy (non-hydrogen) atoms. The normalized spacial score (nSPS) is 12.4. The fourth-order valence-corrected chi connectivity index (χ4v) is 4.17. The zero-order valence-electron chi connectivity index (χ0n) is 14.8. The van der Waals surface area contributed by atoms with Crippen molar-refractivity contribution < 1.29 is 9.29 Å². The van der Waals surface area contributed by atoms with Gasteiger partial charge in [0.1, 0.15) is 23.7 Å². The van der Waals surface area contributed by atoms with Gasteiger partial charge >= 0.3 is 0 Å². The van der Waals surface area contributed by atoms with E-state index in [1.54, 1.807) is 12.1 Å². The van der Waals surface area contributed by atoms with Crippen LogP contribution in [0.2, 0.25) is 0 Å². The maximum Gasteiger partial charge on any atom is 0.260 e. The van der Waals surface area contributed by atoms with Crippen LogP contribution in [0.1, 0.15) is 11.4 Å². The van der Waals surface area contributed by atoms with Gasteiger partial charge in [0.05, 0.1) is 12.4 Å². The van der Waals surface area contributed by atoms with Crippen molar-refractivity contribution in [1.29, 1.82) is 0 Å². The average Bonchev–Trinajstić information content (AvgIpc) is 3.09. The van der Waals surface area contributed by atoms with Gasteiger partial charge in [0.15, 0.2) is 5.82 Å². The van der Waals surface area contributed by atoms with Crippen molar-refractivity contribution in [2.24, 2.45) is 0 Å². The zero-order chi connectivity index (χ0) is 18.8. The van der Waals surface area contributed by atoms with Gasteiger partial charge in [-0.15, -0.1) is 11.3 Å². The van der Waals surface area contributed by atoms with Crippen LogP contribution < -0.4 is 10.5 Å². The second-order valence-electron chi connectivity index (χ2n) is 6.65. The summed E-state index contributed by atoms with van der Waals surface area (Å²) in [5.74, 6) is 0.424. The molecule has 0 saturated heterocycles. The predicted molar refractivity (Wildman–Crippen MR) is 106 cm³/mol. The Morgan fingerprint density at radius 1 is 1.07 bits per heavy atom. The van der Waals surface area contributed by atoms with Crippen LogP contribution in [0.25, 0.3) is 21.3 Å². The minimum Gasteiger partial charge on any atom is -0.327 e. The van der Waals surface area contributed by atoms with Crippen LogP contribution in [-0.4, -0.2) is 17.0 Å². The molecule has 0 aliphatic heterocycles. The number of hydrogen-bond acceptors (Lipinski definition) is 3. The van der Waals surface area contributed by atoms with Gasteiger partial charge in [-0.05, 0) is 17.7 Å². The monoisotopic (exact) mass is 380 g/mol. The largest absolute Gasteiger partial charge is 0.327 e. The Kier molecular flexibility index (Phi) is 4.83. The number of halogens is 1. The molecule has 2 aromatic heterocycles. The van der Waals surface area contributed by atoms with E-state index in [2.05, 4.69) is 9.97 Å². The van der Waals surface area contributed by atoms with Crippen LogP contribution in [0.3, 0.4) is 0 Å². The van der Waals surface area contributed by atoms with Crippen molar-refractivity contribution in [2.75, 3.05) is 7.05 Å². The third kappa shape index (κ3) is 3.82. The fourth-order valence-electron chi connectivity index (χ4n) is 3.21. The number of hydrogen-bond donors (Lipinski definition) is 2. The molecule has 6 heteroatoms. The molecule has 0 radical (unpaired) electrons. The molecule has 2 aromatic carbocycles. The summed E-state index contributed by atoms with van der Waals surface area (Å²) in [5.41, 5.74) is 2.87. The Morgan fingerprint density at radius 2 is 1.81 bits per heavy atom. The van der Waals surface area contributed by atoms with E-state index >= 15 is 0 Å². The molecule has 1 unspecified atom stereocenters. The number of fused-ring (bicyclic) bond motifs is 1. The first-order valence-corrected chi connectivity index (χ1v) is 9.59. The summed E-state index contributed by atoms with van der Waals surface area (Å²) in [4.78, 5) is 22.2. The van der Waals surface area contributed by atoms with E-state index in [4.69, 9.17) is 0 Å². The number of rotatable bonds is 5. The maximum absolute atomic E-state index is 13.0. The van der Waals surface area contributed by atoms with Crippen molar-refractivity contribution in [3.8, 4) is 11.1 Å². The SMILES string of the molecule is C[NH+](Cc1ccc(F)cc1)Cc1nc2scc(-c3ccccc3)c2c(=O)[nH]1. The second kappa shape index (κ2) is 7.42. The second-order valence-corrected chi connectivity index (χ2v) is 7.50. The van der Waals surface area contributed by atoms with E-state index in [1.165, 1.54) is 23.5 Å². The highest BCUT2D eigenvalue weighted by Crippen LogP contribution is 2.30. The lowest BCUT2D eigenvalue weighted by Crippen LogP contribution is -3.06. The molecule has 0 aliphatic rings. The summed E-state index contributed by atoms with van der Waals surface area (Å²) in [6.45, 7) is 1.31. The molecular weight excluding hydrogens is 361 g/mol. The van der Waals surface area contributed by atoms with E-state index in [0.717, 1.165) is 33.0 Å². The molecule has 4 rings (SSSR count). The minimum atomic E-state index is -0.236. The summed E-state index contributed by atoms with van der Waals surface area (Å²) in [6.07, 6.45) is 0. The molecule has 0 bridgehead atoms. The predicted octanol–water partition coefficient (Wildman–Crippen LogP) is 3.01. The molecule has 0 spiro atoms. The van der Waals surface area contributed by atoms with Crippen LogP contribution in [0.4, 0.5) is 4.39 Å². The topological polar surface area (TPSA) is 50.2 Å². The van der Waals surface area contributed by atoms with Gasteiger partial charge in [0, 0.05) is 16.5 Å². The van der Waals surface area contributed by atoms with Crippen molar-refractivity contribution in [3.63, 3.8) is 0 Å². The molecule has 2 N–H and O–H groups in total. The summed E-state index contributed by atoms with van der Waals surface area (Å²) in [7, 11) is 2.03. The van der Waals surface area contributed by atoms with Crippen molar-refractivity contribution in [1.82, 2.24) is 9.97 Å². The number of nitrogens with zero attached hydrogens (tertiary/aromatic N) is 1. The van der Waals surface area contributed by atoms with Gasteiger partial charge in [0.2, 0.25) is 0 Å². The lowest BCUT2D eigenvalue weighted by Gasteiger charge is -2.13. The van der Waals surface area contributed by atoms with Gasteiger partial charge in [0.25, 0.3) is 5.56 Å². The molecule has 0 saturated carbocycles. The van der Waals surface area contributed by atoms with Crippen LogP contribution in [0.15, 0.2) is 64.8 Å². The van der Waals surface area contributed by atoms with Crippen LogP contribution >= 0.6 is 11.3 Å². The number of benzene rings is 2. The van der Waals surface area contributed by atoms with E-state index in [-0.39, 0.29) is 11.4 Å². The van der Waals surface area contributed by atoms with Crippen molar-refractivity contribution >= 4 is 21.6 Å². The third-order valence-corrected chi connectivity index (χ3v) is 5.34. The highest BCUT2D eigenvalue weighted by molar-refractivity contribution is 7.17. The Balaban J connectivity index is 1.58. The van der Waals surface area contributed by atoms with Crippen LogP contribution in [0, 0.1) is 5.82 Å². The van der Waals surface area contributed by atoms with Gasteiger partial charge in [-0.1, -0.05) is 42.5 Å². The van der Waals surface area contributed by atoms with Gasteiger partial charge in [-0.3, -0.25) is 4.79 Å². The molecule has 136 valence electrons. The first-order chi connectivity index (χ1) is 13.1. The van der Waals surface area contributed by atoms with Gasteiger partial charge in [-0.2, -0.15) is 0 Å². The van der Waals surface area contributed by atoms with E-state index in [0.29, 0.717) is 17.8 Å². The molecule has 4 nitrogen and oxygen atoms in total. The Labute approximate surface area is 159 Å². The molecular formula is C21H19FN3OS+. The first kappa shape index (κ1) is 17.6. The van der Waals surface area contributed by atoms with Crippen molar-refractivity contribution in [3.05, 3.63) is 87.5 Å². The highest BCUT2D eigenvalue weighted by Gasteiger charge is 2.15. The highest BCUT2D eigenvalue weighted by atomic mass is 32.1. The Morgan fingerprint density at radius 3 is 2.56 bits per heavy atom. The summed E-state index contributed by atoms with van der Waals surface area (Å²) in [5, 5.41) is 2.63. The number of nitrogens with one attached hydrogen (secondary N) is 2. The molecule has 0 amide bonds. The van der Waals surface area contributed by atoms with E-state index in [1.807, 2.05) is 42.8 Å². The Hall–Kier alpha value is -2.83. The van der Waals surface area contributed by atoms with Crippen molar-refractivity contribution in [2.45, 2.75) is 13.1 Å². The van der Waals surface area contributed by atoms with Gasteiger partial charge in [-0.25, -0.2) is 9.37 Å². The summed E-state index contributed by atoms with van der Waals surface area (Å²) >= 11 is 1.49. The van der Waals surface area contributed by atoms with E-state index in [9.17, 15) is 9.18 Å². The molecule has 1 atom stereocenters. The number of aromatic nitrogens is 2. The number of quaternary nitrogens is 1. The number of thiophene rings is 1. The van der Waals surface area contributed by atoms with Gasteiger partial charge < -0.3 is 9.88 Å². The fraction of sp³-hybridized carbons (Fsp3) is 0.143. The first-order valence-electron chi connectivity index (χ1n) is 8.72. The average molecular weight is 380 g/mol. The number of H-pyrrole nitrogens is 1. The summed E-state index contributed by atoms with van der Waals surface area (Å²) in [6, 6.07) is 16.4. The van der Waals surface area contributed by atoms with Crippen LogP contribution in [0.5, 0.6) is 0 Å². The minimum absolute atomic E-state index is 0.107. The quantitative estimate of drug-likeness (QED) is 0.559. The van der Waals surface area contributed by atoms with Crippen LogP contribution in [-0.2, 0) is 13.1 Å². The molecule has 0 fully saturated rings. The lowest BCUT2D eigenvalue weighted by molar-refractivity contribution is -0.908.